The number of carbonyl (C=O) groups excluding carboxylic acids is 1. The van der Waals surface area contributed by atoms with Crippen LogP contribution in [0.3, 0.4) is 0 Å². The second-order valence-electron chi connectivity index (χ2n) is 7.76. The average molecular weight is 450 g/mol. The van der Waals surface area contributed by atoms with Crippen LogP contribution in [0.2, 0.25) is 0 Å². The fraction of sp³-hybridized carbons (Fsp3) is 0.381. The number of aromatic hydroxyl groups is 4. The van der Waals surface area contributed by atoms with Gasteiger partial charge >= 0.3 is 0 Å². The summed E-state index contributed by atoms with van der Waals surface area (Å²) in [6.45, 7) is -0.711. The minimum Gasteiger partial charge on any atom is -0.507 e. The number of phenols is 4. The predicted molar refractivity (Wildman–Crippen MR) is 105 cm³/mol. The van der Waals surface area contributed by atoms with Crippen molar-refractivity contribution >= 4 is 5.78 Å². The van der Waals surface area contributed by atoms with E-state index >= 15 is 0 Å². The molecule has 0 spiro atoms. The van der Waals surface area contributed by atoms with Crippen LogP contribution < -0.4 is 4.74 Å². The summed E-state index contributed by atoms with van der Waals surface area (Å²) < 4.78 is 11.4. The first-order chi connectivity index (χ1) is 15.1. The summed E-state index contributed by atoms with van der Waals surface area (Å²) in [6, 6.07) is 4.67. The number of fused-ring (bicyclic) bond motifs is 1. The van der Waals surface area contributed by atoms with E-state index in [1.165, 1.54) is 18.2 Å². The molecule has 0 amide bonds. The van der Waals surface area contributed by atoms with Crippen LogP contribution in [0.4, 0.5) is 0 Å². The van der Waals surface area contributed by atoms with Gasteiger partial charge in [0.25, 0.3) is 0 Å². The first-order valence-corrected chi connectivity index (χ1v) is 9.75. The highest BCUT2D eigenvalue weighted by molar-refractivity contribution is 6.03. The minimum atomic E-state index is -1.77. The maximum atomic E-state index is 12.8. The summed E-state index contributed by atoms with van der Waals surface area (Å²) >= 11 is 0. The summed E-state index contributed by atoms with van der Waals surface area (Å²) in [6.07, 6.45) is -9.22. The fourth-order valence-corrected chi connectivity index (χ4v) is 4.03. The van der Waals surface area contributed by atoms with Gasteiger partial charge in [-0.05, 0) is 17.7 Å². The molecule has 2 aromatic carbocycles. The number of carbonyl (C=O) groups is 1. The second-order valence-corrected chi connectivity index (χ2v) is 7.76. The number of Topliss-reactive ketones (excluding diaryl/α,β-unsaturated/α-hetero) is 1. The standard InChI is InChI=1S/C21H22O11/c22-6-14-17(28)18(29)19(30)21(32-14)16-11(26)4-10(25)15-12(27)5-13(31-20(15)16)7-1-2-8(23)9(24)3-7/h1-4,13-14,17-19,21-26,28-30H,5-6H2/t13?,14-,17-,18+,19-,21+/m1/s1. The summed E-state index contributed by atoms with van der Waals surface area (Å²) in [4.78, 5) is 12.8. The van der Waals surface area contributed by atoms with Gasteiger partial charge in [-0.2, -0.15) is 0 Å². The number of hydrogen-bond donors (Lipinski definition) is 8. The SMILES string of the molecule is O=C1CC(c2ccc(O)c(O)c2)Oc2c1c(O)cc(O)c2[C@@H]1O[C@H](CO)[C@@H](O)[C@H](O)[C@H]1O. The van der Waals surface area contributed by atoms with Crippen molar-refractivity contribution < 1.29 is 55.1 Å². The van der Waals surface area contributed by atoms with E-state index < -0.39 is 66.3 Å². The Bertz CT molecular complexity index is 1050. The molecular weight excluding hydrogens is 428 g/mol. The highest BCUT2D eigenvalue weighted by Crippen LogP contribution is 2.50. The van der Waals surface area contributed by atoms with Gasteiger partial charge in [0, 0.05) is 6.07 Å². The number of phenolic OH excluding ortho intramolecular Hbond substituents is 4. The van der Waals surface area contributed by atoms with Crippen LogP contribution in [0.15, 0.2) is 24.3 Å². The number of aliphatic hydroxyl groups excluding tert-OH is 4. The molecule has 0 radical (unpaired) electrons. The van der Waals surface area contributed by atoms with Gasteiger partial charge in [0.1, 0.15) is 59.4 Å². The van der Waals surface area contributed by atoms with Crippen molar-refractivity contribution in [2.45, 2.75) is 43.0 Å². The molecule has 2 aromatic rings. The van der Waals surface area contributed by atoms with Crippen LogP contribution in [-0.4, -0.2) is 77.7 Å². The third-order valence-electron chi connectivity index (χ3n) is 5.74. The predicted octanol–water partition coefficient (Wildman–Crippen LogP) is -0.270. The molecule has 6 atom stereocenters. The monoisotopic (exact) mass is 450 g/mol. The molecule has 2 aliphatic heterocycles. The Labute approximate surface area is 181 Å². The normalized spacial score (nSPS) is 29.9. The lowest BCUT2D eigenvalue weighted by Crippen LogP contribution is -2.55. The van der Waals surface area contributed by atoms with Crippen LogP contribution >= 0.6 is 0 Å². The second kappa shape index (κ2) is 8.11. The maximum Gasteiger partial charge on any atom is 0.174 e. The molecule has 11 heteroatoms. The molecule has 1 saturated heterocycles. The van der Waals surface area contributed by atoms with Crippen molar-refractivity contribution in [2.75, 3.05) is 6.61 Å². The lowest BCUT2D eigenvalue weighted by Gasteiger charge is -2.41. The Kier molecular flexibility index (Phi) is 5.61. The molecule has 0 saturated carbocycles. The van der Waals surface area contributed by atoms with E-state index in [1.54, 1.807) is 0 Å². The van der Waals surface area contributed by atoms with Gasteiger partial charge in [-0.15, -0.1) is 0 Å². The van der Waals surface area contributed by atoms with Crippen molar-refractivity contribution in [1.82, 2.24) is 0 Å². The van der Waals surface area contributed by atoms with E-state index in [-0.39, 0.29) is 29.0 Å². The quantitative estimate of drug-likeness (QED) is 0.287. The Hall–Kier alpha value is -3.09. The van der Waals surface area contributed by atoms with E-state index in [4.69, 9.17) is 9.47 Å². The molecule has 1 unspecified atom stereocenters. The zero-order chi connectivity index (χ0) is 23.3. The Morgan fingerprint density at radius 2 is 1.59 bits per heavy atom. The molecule has 2 aliphatic rings. The van der Waals surface area contributed by atoms with Crippen LogP contribution in [0.5, 0.6) is 28.7 Å². The zero-order valence-electron chi connectivity index (χ0n) is 16.5. The third-order valence-corrected chi connectivity index (χ3v) is 5.74. The van der Waals surface area contributed by atoms with Crippen molar-refractivity contribution in [1.29, 1.82) is 0 Å². The van der Waals surface area contributed by atoms with Gasteiger partial charge < -0.3 is 50.3 Å². The first kappa shape index (κ1) is 22.1. The molecule has 32 heavy (non-hydrogen) atoms. The molecule has 8 N–H and O–H groups in total. The number of benzene rings is 2. The van der Waals surface area contributed by atoms with Crippen LogP contribution in [-0.2, 0) is 4.74 Å². The minimum absolute atomic E-state index is 0.246. The molecule has 0 bridgehead atoms. The molecule has 0 aromatic heterocycles. The van der Waals surface area contributed by atoms with E-state index in [2.05, 4.69) is 0 Å². The number of ether oxygens (including phenoxy) is 2. The van der Waals surface area contributed by atoms with Gasteiger partial charge in [0.2, 0.25) is 0 Å². The number of ketones is 1. The zero-order valence-corrected chi connectivity index (χ0v) is 16.5. The van der Waals surface area contributed by atoms with E-state index in [9.17, 15) is 45.6 Å². The van der Waals surface area contributed by atoms with Gasteiger partial charge in [-0.1, -0.05) is 6.07 Å². The maximum absolute atomic E-state index is 12.8. The molecule has 1 fully saturated rings. The summed E-state index contributed by atoms with van der Waals surface area (Å²) in [5.74, 6) is -2.92. The molecule has 172 valence electrons. The summed E-state index contributed by atoms with van der Waals surface area (Å²) in [5, 5.41) is 80.2. The number of aliphatic hydroxyl groups is 4. The highest BCUT2D eigenvalue weighted by Gasteiger charge is 2.47. The van der Waals surface area contributed by atoms with E-state index in [1.807, 2.05) is 0 Å². The van der Waals surface area contributed by atoms with E-state index in [0.717, 1.165) is 6.07 Å². The number of hydrogen-bond acceptors (Lipinski definition) is 11. The molecule has 4 rings (SSSR count). The van der Waals surface area contributed by atoms with Gasteiger partial charge in [-0.3, -0.25) is 4.79 Å². The average Bonchev–Trinajstić information content (AvgIpc) is 2.74. The Balaban J connectivity index is 1.82. The topological polar surface area (TPSA) is 197 Å². The van der Waals surface area contributed by atoms with E-state index in [0.29, 0.717) is 5.56 Å². The summed E-state index contributed by atoms with van der Waals surface area (Å²) in [5.41, 5.74) is -0.244. The highest BCUT2D eigenvalue weighted by atomic mass is 16.5. The van der Waals surface area contributed by atoms with Crippen molar-refractivity contribution in [3.8, 4) is 28.7 Å². The lowest BCUT2D eigenvalue weighted by atomic mass is 9.87. The fourth-order valence-electron chi connectivity index (χ4n) is 4.03. The lowest BCUT2D eigenvalue weighted by molar-refractivity contribution is -0.232. The summed E-state index contributed by atoms with van der Waals surface area (Å²) in [7, 11) is 0. The van der Waals surface area contributed by atoms with Crippen LogP contribution in [0.1, 0.15) is 40.1 Å². The van der Waals surface area contributed by atoms with Crippen molar-refractivity contribution in [2.24, 2.45) is 0 Å². The third kappa shape index (κ3) is 3.49. The molecule has 11 nitrogen and oxygen atoms in total. The van der Waals surface area contributed by atoms with Gasteiger partial charge in [0.15, 0.2) is 17.3 Å². The van der Waals surface area contributed by atoms with Crippen LogP contribution in [0, 0.1) is 0 Å². The first-order valence-electron chi connectivity index (χ1n) is 9.75. The Morgan fingerprint density at radius 1 is 0.875 bits per heavy atom. The number of rotatable bonds is 3. The van der Waals surface area contributed by atoms with Gasteiger partial charge in [-0.25, -0.2) is 0 Å². The molecular formula is C21H22O11. The molecule has 2 heterocycles. The van der Waals surface area contributed by atoms with Crippen molar-refractivity contribution in [3.63, 3.8) is 0 Å². The smallest absolute Gasteiger partial charge is 0.174 e. The van der Waals surface area contributed by atoms with Crippen LogP contribution in [0.25, 0.3) is 0 Å². The Morgan fingerprint density at radius 3 is 2.25 bits per heavy atom. The van der Waals surface area contributed by atoms with Crippen molar-refractivity contribution in [3.05, 3.63) is 41.0 Å². The molecule has 0 aliphatic carbocycles. The van der Waals surface area contributed by atoms with Gasteiger partial charge in [0.05, 0.1) is 18.6 Å². The largest absolute Gasteiger partial charge is 0.507 e.